The molecule has 0 radical (unpaired) electrons. The largest absolute Gasteiger partial charge is 0.339 e. The zero-order valence-corrected chi connectivity index (χ0v) is 20.8. The van der Waals surface area contributed by atoms with E-state index < -0.39 is 0 Å². The number of aromatic nitrogens is 5. The number of carbonyl (C=O) groups is 2. The molecule has 4 aromatic heterocycles. The second-order valence-electron chi connectivity index (χ2n) is 8.78. The van der Waals surface area contributed by atoms with E-state index in [4.69, 9.17) is 0 Å². The molecule has 1 atom stereocenters. The molecule has 0 bridgehead atoms. The number of aromatic amines is 1. The van der Waals surface area contributed by atoms with Crippen LogP contribution in [0.1, 0.15) is 28.9 Å². The summed E-state index contributed by atoms with van der Waals surface area (Å²) in [6.07, 6.45) is 9.08. The molecule has 1 unspecified atom stereocenters. The predicted octanol–water partition coefficient (Wildman–Crippen LogP) is 2.45. The average Bonchev–Trinajstić information content (AvgIpc) is 3.57. The maximum atomic E-state index is 13.1. The van der Waals surface area contributed by atoms with E-state index in [1.54, 1.807) is 36.1 Å². The SMILES string of the molecule is Cc1ncc(NC(=O)CN2CCCC2)cc1NC(=O)c1cnc2[nH]c(-c3cnn(C)c3)c(P)c2c1. The molecule has 2 amide bonds. The highest BCUT2D eigenvalue weighted by molar-refractivity contribution is 7.29. The Labute approximate surface area is 204 Å². The molecule has 5 rings (SSSR count). The fourth-order valence-corrected chi connectivity index (χ4v) is 4.72. The highest BCUT2D eigenvalue weighted by atomic mass is 31.0. The van der Waals surface area contributed by atoms with Crippen molar-refractivity contribution in [2.45, 2.75) is 19.8 Å². The molecule has 3 N–H and O–H groups in total. The number of likely N-dealkylation sites (tertiary alicyclic amines) is 1. The minimum atomic E-state index is -0.307. The lowest BCUT2D eigenvalue weighted by molar-refractivity contribution is -0.117. The number of fused-ring (bicyclic) bond motifs is 1. The van der Waals surface area contributed by atoms with Gasteiger partial charge in [-0.25, -0.2) is 4.98 Å². The first-order valence-electron chi connectivity index (χ1n) is 11.4. The van der Waals surface area contributed by atoms with Crippen LogP contribution in [0, 0.1) is 6.92 Å². The van der Waals surface area contributed by atoms with E-state index in [9.17, 15) is 9.59 Å². The minimum absolute atomic E-state index is 0.0886. The summed E-state index contributed by atoms with van der Waals surface area (Å²) in [6, 6.07) is 3.53. The molecule has 35 heavy (non-hydrogen) atoms. The average molecular weight is 491 g/mol. The highest BCUT2D eigenvalue weighted by Crippen LogP contribution is 2.24. The third kappa shape index (κ3) is 4.94. The fraction of sp³-hybridized carbons (Fsp3) is 0.292. The number of anilines is 2. The van der Waals surface area contributed by atoms with Gasteiger partial charge in [-0.15, -0.1) is 9.24 Å². The Morgan fingerprint density at radius 2 is 1.91 bits per heavy atom. The Bertz CT molecular complexity index is 1420. The lowest BCUT2D eigenvalue weighted by Gasteiger charge is -2.15. The molecule has 0 aliphatic carbocycles. The van der Waals surface area contributed by atoms with Gasteiger partial charge >= 0.3 is 0 Å². The monoisotopic (exact) mass is 490 g/mol. The van der Waals surface area contributed by atoms with Crippen molar-refractivity contribution in [2.75, 3.05) is 30.3 Å². The molecule has 180 valence electrons. The quantitative estimate of drug-likeness (QED) is 0.357. The zero-order valence-electron chi connectivity index (χ0n) is 19.6. The van der Waals surface area contributed by atoms with Gasteiger partial charge in [0.05, 0.1) is 47.3 Å². The van der Waals surface area contributed by atoms with E-state index >= 15 is 0 Å². The number of pyridine rings is 2. The molecule has 1 fully saturated rings. The number of aryl methyl sites for hydroxylation is 2. The van der Waals surface area contributed by atoms with E-state index in [-0.39, 0.29) is 11.8 Å². The molecule has 1 aliphatic rings. The van der Waals surface area contributed by atoms with Crippen LogP contribution in [0.5, 0.6) is 0 Å². The van der Waals surface area contributed by atoms with Gasteiger partial charge in [0.15, 0.2) is 0 Å². The maximum Gasteiger partial charge on any atom is 0.257 e. The maximum absolute atomic E-state index is 13.1. The Morgan fingerprint density at radius 3 is 2.66 bits per heavy atom. The summed E-state index contributed by atoms with van der Waals surface area (Å²) in [4.78, 5) is 39.7. The van der Waals surface area contributed by atoms with E-state index in [0.29, 0.717) is 34.8 Å². The Balaban J connectivity index is 1.33. The van der Waals surface area contributed by atoms with E-state index in [1.165, 1.54) is 6.20 Å². The van der Waals surface area contributed by atoms with Crippen LogP contribution >= 0.6 is 9.24 Å². The summed E-state index contributed by atoms with van der Waals surface area (Å²) in [5.74, 6) is -0.396. The van der Waals surface area contributed by atoms with Crippen LogP contribution in [0.15, 0.2) is 36.9 Å². The van der Waals surface area contributed by atoms with E-state index in [1.807, 2.05) is 13.2 Å². The number of hydrogen-bond donors (Lipinski definition) is 3. The highest BCUT2D eigenvalue weighted by Gasteiger charge is 2.17. The van der Waals surface area contributed by atoms with Crippen LogP contribution in [0.3, 0.4) is 0 Å². The van der Waals surface area contributed by atoms with Gasteiger partial charge in [-0.05, 0) is 45.0 Å². The molecule has 11 heteroatoms. The molecule has 0 aromatic carbocycles. The van der Waals surface area contributed by atoms with Crippen LogP contribution in [-0.2, 0) is 11.8 Å². The van der Waals surface area contributed by atoms with Gasteiger partial charge in [0.1, 0.15) is 5.65 Å². The third-order valence-electron chi connectivity index (χ3n) is 6.13. The summed E-state index contributed by atoms with van der Waals surface area (Å²) in [5.41, 5.74) is 4.66. The first-order valence-corrected chi connectivity index (χ1v) is 12.0. The normalized spacial score (nSPS) is 13.9. The second-order valence-corrected chi connectivity index (χ2v) is 9.36. The summed E-state index contributed by atoms with van der Waals surface area (Å²) in [7, 11) is 4.58. The Morgan fingerprint density at radius 1 is 1.11 bits per heavy atom. The van der Waals surface area contributed by atoms with Gasteiger partial charge in [0.2, 0.25) is 5.91 Å². The number of hydrogen-bond acceptors (Lipinski definition) is 6. The topological polar surface area (TPSA) is 121 Å². The van der Waals surface area contributed by atoms with Crippen molar-refractivity contribution in [3.63, 3.8) is 0 Å². The zero-order chi connectivity index (χ0) is 24.5. The van der Waals surface area contributed by atoms with Crippen molar-refractivity contribution in [1.82, 2.24) is 29.6 Å². The van der Waals surface area contributed by atoms with Crippen molar-refractivity contribution in [3.8, 4) is 11.3 Å². The Hall–Kier alpha value is -3.62. The molecule has 10 nitrogen and oxygen atoms in total. The van der Waals surface area contributed by atoms with Crippen molar-refractivity contribution in [1.29, 1.82) is 0 Å². The van der Waals surface area contributed by atoms with E-state index in [2.05, 4.69) is 44.8 Å². The predicted molar refractivity (Wildman–Crippen MR) is 139 cm³/mol. The number of amides is 2. The summed E-state index contributed by atoms with van der Waals surface area (Å²) in [5, 5.41) is 11.8. The molecule has 0 spiro atoms. The van der Waals surface area contributed by atoms with Gasteiger partial charge in [-0.2, -0.15) is 5.10 Å². The van der Waals surface area contributed by atoms with Crippen LogP contribution in [0.25, 0.3) is 22.3 Å². The van der Waals surface area contributed by atoms with Crippen molar-refractivity contribution < 1.29 is 9.59 Å². The second kappa shape index (κ2) is 9.56. The van der Waals surface area contributed by atoms with Crippen LogP contribution in [0.2, 0.25) is 0 Å². The van der Waals surface area contributed by atoms with Crippen molar-refractivity contribution in [3.05, 3.63) is 48.2 Å². The first kappa shape index (κ1) is 23.1. The molecule has 4 aromatic rings. The third-order valence-corrected chi connectivity index (χ3v) is 6.73. The summed E-state index contributed by atoms with van der Waals surface area (Å²) < 4.78 is 1.73. The van der Waals surface area contributed by atoms with Gasteiger partial charge in [0.25, 0.3) is 5.91 Å². The van der Waals surface area contributed by atoms with Crippen LogP contribution < -0.4 is 15.9 Å². The number of nitrogens with zero attached hydrogens (tertiary/aromatic N) is 5. The minimum Gasteiger partial charge on any atom is -0.339 e. The molecule has 0 saturated carbocycles. The number of H-pyrrole nitrogens is 1. The number of nitrogens with one attached hydrogen (secondary N) is 3. The fourth-order valence-electron chi connectivity index (χ4n) is 4.26. The van der Waals surface area contributed by atoms with Gasteiger partial charge in [0, 0.05) is 35.7 Å². The van der Waals surface area contributed by atoms with Crippen molar-refractivity contribution >= 4 is 48.8 Å². The van der Waals surface area contributed by atoms with Crippen molar-refractivity contribution in [2.24, 2.45) is 7.05 Å². The van der Waals surface area contributed by atoms with Gasteiger partial charge in [-0.1, -0.05) is 0 Å². The number of rotatable bonds is 6. The first-order chi connectivity index (χ1) is 16.9. The standard InChI is InChI=1S/C24H27N8O2P/c1-14-19(8-17(11-25-14)28-20(33)13-32-5-3-4-6-32)29-24(34)15-7-18-22(35)21(30-23(18)26-9-15)16-10-27-31(2)12-16/h7-12H,3-6,13,35H2,1-2H3,(H,26,30)(H,28,33)(H,29,34). The molecule has 5 heterocycles. The molecule has 1 aliphatic heterocycles. The van der Waals surface area contributed by atoms with Crippen LogP contribution in [0.4, 0.5) is 11.4 Å². The molecular weight excluding hydrogens is 463 g/mol. The summed E-state index contributed by atoms with van der Waals surface area (Å²) >= 11 is 0. The summed E-state index contributed by atoms with van der Waals surface area (Å²) in [6.45, 7) is 4.06. The number of carbonyl (C=O) groups excluding carboxylic acids is 2. The van der Waals surface area contributed by atoms with Gasteiger partial charge < -0.3 is 15.6 Å². The Kier molecular flexibility index (Phi) is 6.32. The smallest absolute Gasteiger partial charge is 0.257 e. The van der Waals surface area contributed by atoms with Crippen LogP contribution in [-0.4, -0.2) is 61.1 Å². The molecular formula is C24H27N8O2P. The van der Waals surface area contributed by atoms with Gasteiger partial charge in [-0.3, -0.25) is 24.2 Å². The lowest BCUT2D eigenvalue weighted by atomic mass is 10.2. The lowest BCUT2D eigenvalue weighted by Crippen LogP contribution is -2.30. The molecule has 1 saturated heterocycles. The van der Waals surface area contributed by atoms with E-state index in [0.717, 1.165) is 47.9 Å².